The van der Waals surface area contributed by atoms with E-state index in [9.17, 15) is 4.79 Å². The van der Waals surface area contributed by atoms with E-state index in [1.165, 1.54) is 5.56 Å². The number of carbonyl (C=O) groups is 1. The van der Waals surface area contributed by atoms with Gasteiger partial charge in [0.25, 0.3) is 0 Å². The maximum absolute atomic E-state index is 11.5. The van der Waals surface area contributed by atoms with Gasteiger partial charge in [-0.05, 0) is 31.2 Å². The van der Waals surface area contributed by atoms with E-state index in [0.29, 0.717) is 12.3 Å². The van der Waals surface area contributed by atoms with Crippen molar-refractivity contribution in [2.24, 2.45) is 0 Å². The summed E-state index contributed by atoms with van der Waals surface area (Å²) in [6.45, 7) is 0.779. The van der Waals surface area contributed by atoms with Crippen molar-refractivity contribution in [1.29, 1.82) is 0 Å². The molecule has 0 spiro atoms. The highest BCUT2D eigenvalue weighted by Gasteiger charge is 2.00. The highest BCUT2D eigenvalue weighted by Crippen LogP contribution is 2.04. The average molecular weight is 268 g/mol. The Bertz CT molecular complexity index is 327. The van der Waals surface area contributed by atoms with Gasteiger partial charge in [0.2, 0.25) is 5.91 Å². The van der Waals surface area contributed by atoms with Crippen LogP contribution < -0.4 is 5.32 Å². The smallest absolute Gasteiger partial charge is 0.220 e. The zero-order valence-corrected chi connectivity index (χ0v) is 11.6. The van der Waals surface area contributed by atoms with Crippen LogP contribution >= 0.6 is 11.6 Å². The summed E-state index contributed by atoms with van der Waals surface area (Å²) in [4.78, 5) is 11.5. The third-order valence-corrected chi connectivity index (χ3v) is 3.11. The Labute approximate surface area is 115 Å². The third kappa shape index (κ3) is 7.33. The zero-order chi connectivity index (χ0) is 13.1. The lowest BCUT2D eigenvalue weighted by atomic mass is 10.1. The van der Waals surface area contributed by atoms with Gasteiger partial charge in [-0.2, -0.15) is 0 Å². The fourth-order valence-electron chi connectivity index (χ4n) is 1.81. The van der Waals surface area contributed by atoms with Gasteiger partial charge < -0.3 is 5.32 Å². The number of hydrogen-bond acceptors (Lipinski definition) is 1. The summed E-state index contributed by atoms with van der Waals surface area (Å²) in [5.41, 5.74) is 1.30. The Morgan fingerprint density at radius 1 is 1.06 bits per heavy atom. The molecule has 0 aliphatic carbocycles. The predicted octanol–water partition coefficient (Wildman–Crippen LogP) is 3.53. The van der Waals surface area contributed by atoms with Gasteiger partial charge >= 0.3 is 0 Å². The van der Waals surface area contributed by atoms with Crippen molar-refractivity contribution >= 4 is 17.5 Å². The summed E-state index contributed by atoms with van der Waals surface area (Å²) in [6, 6.07) is 10.3. The fourth-order valence-corrected chi connectivity index (χ4v) is 2.00. The number of aryl methyl sites for hydroxylation is 1. The molecule has 0 atom stereocenters. The van der Waals surface area contributed by atoms with E-state index in [-0.39, 0.29) is 5.91 Å². The molecule has 1 aromatic rings. The van der Waals surface area contributed by atoms with Crippen LogP contribution in [0.2, 0.25) is 0 Å². The molecule has 0 heterocycles. The topological polar surface area (TPSA) is 29.1 Å². The third-order valence-electron chi connectivity index (χ3n) is 2.84. The molecule has 0 aliphatic rings. The largest absolute Gasteiger partial charge is 0.356 e. The van der Waals surface area contributed by atoms with E-state index < -0.39 is 0 Å². The number of benzene rings is 1. The van der Waals surface area contributed by atoms with E-state index in [1.807, 2.05) is 18.2 Å². The van der Waals surface area contributed by atoms with Crippen LogP contribution in [-0.2, 0) is 11.2 Å². The minimum atomic E-state index is 0.164. The Morgan fingerprint density at radius 3 is 2.56 bits per heavy atom. The van der Waals surface area contributed by atoms with E-state index in [2.05, 4.69) is 17.4 Å². The number of unbranched alkanes of at least 4 members (excludes halogenated alkanes) is 2. The van der Waals surface area contributed by atoms with E-state index in [1.54, 1.807) is 0 Å². The Balaban J connectivity index is 2.00. The molecule has 0 aliphatic heterocycles. The van der Waals surface area contributed by atoms with E-state index in [4.69, 9.17) is 11.6 Å². The predicted molar refractivity (Wildman–Crippen MR) is 77.0 cm³/mol. The summed E-state index contributed by atoms with van der Waals surface area (Å²) in [5, 5.41) is 2.95. The van der Waals surface area contributed by atoms with Crippen molar-refractivity contribution < 1.29 is 4.79 Å². The second kappa shape index (κ2) is 9.95. The van der Waals surface area contributed by atoms with Crippen LogP contribution in [0.1, 0.15) is 37.7 Å². The fraction of sp³-hybridized carbons (Fsp3) is 0.533. The summed E-state index contributed by atoms with van der Waals surface area (Å²) >= 11 is 5.58. The quantitative estimate of drug-likeness (QED) is 0.538. The maximum atomic E-state index is 11.5. The standard InChI is InChI=1S/C15H22ClNO/c16-12-5-2-6-13-17-15(18)11-7-10-14-8-3-1-4-9-14/h1,3-4,8-9H,2,5-7,10-13H2,(H,17,18). The van der Waals surface area contributed by atoms with Crippen LogP contribution in [-0.4, -0.2) is 18.3 Å². The molecular weight excluding hydrogens is 246 g/mol. The molecule has 1 amide bonds. The first-order valence-corrected chi connectivity index (χ1v) is 7.23. The summed E-state index contributed by atoms with van der Waals surface area (Å²) in [7, 11) is 0. The highest BCUT2D eigenvalue weighted by molar-refractivity contribution is 6.17. The normalized spacial score (nSPS) is 10.3. The molecule has 3 heteroatoms. The monoisotopic (exact) mass is 267 g/mol. The second-order valence-electron chi connectivity index (χ2n) is 4.44. The summed E-state index contributed by atoms with van der Waals surface area (Å²) in [5.74, 6) is 0.877. The number of halogens is 1. The van der Waals surface area contributed by atoms with Crippen molar-refractivity contribution in [2.75, 3.05) is 12.4 Å². The molecule has 1 N–H and O–H groups in total. The molecule has 1 rings (SSSR count). The SMILES string of the molecule is O=C(CCCc1ccccc1)NCCCCCCl. The maximum Gasteiger partial charge on any atom is 0.220 e. The number of amides is 1. The van der Waals surface area contributed by atoms with Crippen LogP contribution in [0.5, 0.6) is 0 Å². The van der Waals surface area contributed by atoms with Gasteiger partial charge in [0.1, 0.15) is 0 Å². The van der Waals surface area contributed by atoms with Crippen molar-refractivity contribution in [3.8, 4) is 0 Å². The highest BCUT2D eigenvalue weighted by atomic mass is 35.5. The molecule has 0 fully saturated rings. The van der Waals surface area contributed by atoms with Gasteiger partial charge in [-0.3, -0.25) is 4.79 Å². The molecule has 2 nitrogen and oxygen atoms in total. The van der Waals surface area contributed by atoms with Gasteiger partial charge in [-0.25, -0.2) is 0 Å². The van der Waals surface area contributed by atoms with Crippen molar-refractivity contribution in [2.45, 2.75) is 38.5 Å². The van der Waals surface area contributed by atoms with Gasteiger partial charge in [-0.15, -0.1) is 11.6 Å². The Kier molecular flexibility index (Phi) is 8.32. The van der Waals surface area contributed by atoms with Crippen LogP contribution in [0.15, 0.2) is 30.3 Å². The van der Waals surface area contributed by atoms with Crippen molar-refractivity contribution in [1.82, 2.24) is 5.32 Å². The molecule has 18 heavy (non-hydrogen) atoms. The summed E-state index contributed by atoms with van der Waals surface area (Å²) in [6.07, 6.45) is 5.65. The molecule has 0 saturated carbocycles. The van der Waals surface area contributed by atoms with E-state index in [0.717, 1.165) is 38.6 Å². The number of carbonyl (C=O) groups excluding carboxylic acids is 1. The lowest BCUT2D eigenvalue weighted by molar-refractivity contribution is -0.121. The number of alkyl halides is 1. The molecule has 0 unspecified atom stereocenters. The first-order chi connectivity index (χ1) is 8.83. The lowest BCUT2D eigenvalue weighted by Crippen LogP contribution is -2.24. The van der Waals surface area contributed by atoms with Gasteiger partial charge in [0.05, 0.1) is 0 Å². The van der Waals surface area contributed by atoms with Crippen LogP contribution in [0, 0.1) is 0 Å². The first kappa shape index (κ1) is 15.0. The number of rotatable bonds is 9. The molecular formula is C15H22ClNO. The van der Waals surface area contributed by atoms with Crippen molar-refractivity contribution in [3.63, 3.8) is 0 Å². The van der Waals surface area contributed by atoms with Gasteiger partial charge in [0, 0.05) is 18.8 Å². The Morgan fingerprint density at radius 2 is 1.83 bits per heavy atom. The van der Waals surface area contributed by atoms with Crippen LogP contribution in [0.3, 0.4) is 0 Å². The molecule has 100 valence electrons. The number of nitrogens with one attached hydrogen (secondary N) is 1. The Hall–Kier alpha value is -1.02. The minimum Gasteiger partial charge on any atom is -0.356 e. The first-order valence-electron chi connectivity index (χ1n) is 6.69. The molecule has 0 aromatic heterocycles. The molecule has 1 aromatic carbocycles. The average Bonchev–Trinajstić information content (AvgIpc) is 2.40. The lowest BCUT2D eigenvalue weighted by Gasteiger charge is -2.05. The van der Waals surface area contributed by atoms with Crippen molar-refractivity contribution in [3.05, 3.63) is 35.9 Å². The molecule has 0 bridgehead atoms. The number of hydrogen-bond donors (Lipinski definition) is 1. The van der Waals surface area contributed by atoms with Crippen LogP contribution in [0.25, 0.3) is 0 Å². The molecule has 0 saturated heterocycles. The minimum absolute atomic E-state index is 0.164. The molecule has 0 radical (unpaired) electrons. The summed E-state index contributed by atoms with van der Waals surface area (Å²) < 4.78 is 0. The van der Waals surface area contributed by atoms with E-state index >= 15 is 0 Å². The zero-order valence-electron chi connectivity index (χ0n) is 10.8. The van der Waals surface area contributed by atoms with Crippen LogP contribution in [0.4, 0.5) is 0 Å². The van der Waals surface area contributed by atoms with Gasteiger partial charge in [0.15, 0.2) is 0 Å². The van der Waals surface area contributed by atoms with Gasteiger partial charge in [-0.1, -0.05) is 36.8 Å². The second-order valence-corrected chi connectivity index (χ2v) is 4.82.